The molecule has 0 saturated heterocycles. The van der Waals surface area contributed by atoms with Crippen LogP contribution >= 0.6 is 0 Å². The number of carboxylic acid groups (broad SMARTS) is 1. The highest BCUT2D eigenvalue weighted by molar-refractivity contribution is 5.87. The van der Waals surface area contributed by atoms with Gasteiger partial charge in [-0.1, -0.05) is 54.6 Å². The van der Waals surface area contributed by atoms with Crippen LogP contribution in [-0.2, 0) is 13.0 Å². The number of fused-ring (bicyclic) bond motifs is 1. The molecule has 1 aromatic heterocycles. The first-order chi connectivity index (χ1) is 13.2. The number of para-hydroxylation sites is 1. The third kappa shape index (κ3) is 3.72. The number of pyridine rings is 1. The van der Waals surface area contributed by atoms with Gasteiger partial charge < -0.3 is 5.11 Å². The molecule has 0 aliphatic carbocycles. The second kappa shape index (κ2) is 7.42. The predicted octanol–water partition coefficient (Wildman–Crippen LogP) is 4.46. The lowest BCUT2D eigenvalue weighted by Gasteiger charge is -2.09. The standard InChI is InChI=1S/C24H19NO2/c26-24(27)21-11-6-9-19(15-21)16-22-14-13-20-10-4-5-12-23(20)25(22)17-18-7-2-1-3-8-18/h1-15H,16-17H2/p+1. The van der Waals surface area contributed by atoms with Gasteiger partial charge in [0.05, 0.1) is 12.0 Å². The molecule has 3 nitrogen and oxygen atoms in total. The summed E-state index contributed by atoms with van der Waals surface area (Å²) >= 11 is 0. The molecule has 27 heavy (non-hydrogen) atoms. The van der Waals surface area contributed by atoms with Gasteiger partial charge in [0.15, 0.2) is 12.2 Å². The van der Waals surface area contributed by atoms with Crippen molar-refractivity contribution in [2.45, 2.75) is 13.0 Å². The van der Waals surface area contributed by atoms with Gasteiger partial charge in [0.25, 0.3) is 0 Å². The highest BCUT2D eigenvalue weighted by Crippen LogP contribution is 2.15. The second-order valence-electron chi connectivity index (χ2n) is 6.64. The molecule has 3 heteroatoms. The van der Waals surface area contributed by atoms with E-state index in [1.165, 1.54) is 16.5 Å². The van der Waals surface area contributed by atoms with Crippen molar-refractivity contribution < 1.29 is 14.5 Å². The molecular weight excluding hydrogens is 334 g/mol. The summed E-state index contributed by atoms with van der Waals surface area (Å²) in [5.74, 6) is -0.896. The predicted molar refractivity (Wildman–Crippen MR) is 106 cm³/mol. The van der Waals surface area contributed by atoms with E-state index in [9.17, 15) is 9.90 Å². The molecule has 3 aromatic carbocycles. The monoisotopic (exact) mass is 354 g/mol. The van der Waals surface area contributed by atoms with Crippen LogP contribution in [-0.4, -0.2) is 11.1 Å². The van der Waals surface area contributed by atoms with Gasteiger partial charge >= 0.3 is 5.97 Å². The number of carbonyl (C=O) groups is 1. The first-order valence-electron chi connectivity index (χ1n) is 8.97. The lowest BCUT2D eigenvalue weighted by molar-refractivity contribution is -0.669. The first kappa shape index (κ1) is 17.0. The average molecular weight is 354 g/mol. The summed E-state index contributed by atoms with van der Waals surface area (Å²) in [4.78, 5) is 11.3. The maximum Gasteiger partial charge on any atom is 0.335 e. The summed E-state index contributed by atoms with van der Waals surface area (Å²) in [6, 6.07) is 30.2. The minimum absolute atomic E-state index is 0.322. The molecule has 1 N–H and O–H groups in total. The van der Waals surface area contributed by atoms with Crippen LogP contribution in [0.1, 0.15) is 27.2 Å². The van der Waals surface area contributed by atoms with Crippen LogP contribution in [0.25, 0.3) is 10.9 Å². The topological polar surface area (TPSA) is 41.2 Å². The van der Waals surface area contributed by atoms with E-state index in [0.29, 0.717) is 12.0 Å². The summed E-state index contributed by atoms with van der Waals surface area (Å²) in [7, 11) is 0. The normalized spacial score (nSPS) is 10.8. The van der Waals surface area contributed by atoms with Crippen molar-refractivity contribution in [3.05, 3.63) is 113 Å². The lowest BCUT2D eigenvalue weighted by Crippen LogP contribution is -2.40. The van der Waals surface area contributed by atoms with Crippen LogP contribution in [0.5, 0.6) is 0 Å². The van der Waals surface area contributed by atoms with E-state index in [1.807, 2.05) is 18.2 Å². The van der Waals surface area contributed by atoms with Crippen LogP contribution in [0, 0.1) is 0 Å². The molecule has 0 fully saturated rings. The molecule has 0 saturated carbocycles. The fourth-order valence-electron chi connectivity index (χ4n) is 3.44. The molecule has 0 spiro atoms. The van der Waals surface area contributed by atoms with E-state index >= 15 is 0 Å². The highest BCUT2D eigenvalue weighted by Gasteiger charge is 2.17. The van der Waals surface area contributed by atoms with Crippen molar-refractivity contribution in [1.29, 1.82) is 0 Å². The minimum atomic E-state index is -0.896. The number of rotatable bonds is 5. The van der Waals surface area contributed by atoms with Crippen LogP contribution in [0.3, 0.4) is 0 Å². The van der Waals surface area contributed by atoms with E-state index in [-0.39, 0.29) is 0 Å². The molecular formula is C24H20NO2+. The number of hydrogen-bond donors (Lipinski definition) is 1. The Balaban J connectivity index is 1.79. The Kier molecular flexibility index (Phi) is 4.67. The van der Waals surface area contributed by atoms with Crippen molar-refractivity contribution in [2.75, 3.05) is 0 Å². The lowest BCUT2D eigenvalue weighted by atomic mass is 10.0. The van der Waals surface area contributed by atoms with Crippen molar-refractivity contribution in [1.82, 2.24) is 0 Å². The Morgan fingerprint density at radius 1 is 0.778 bits per heavy atom. The third-order valence-corrected chi connectivity index (χ3v) is 4.77. The van der Waals surface area contributed by atoms with Gasteiger partial charge in [0, 0.05) is 23.1 Å². The number of aromatic nitrogens is 1. The molecule has 4 rings (SSSR count). The molecule has 0 amide bonds. The number of aromatic carboxylic acids is 1. The van der Waals surface area contributed by atoms with Crippen LogP contribution in [0.4, 0.5) is 0 Å². The van der Waals surface area contributed by atoms with Gasteiger partial charge in [-0.25, -0.2) is 4.79 Å². The fraction of sp³-hybridized carbons (Fsp3) is 0.0833. The summed E-state index contributed by atoms with van der Waals surface area (Å²) in [5, 5.41) is 10.5. The van der Waals surface area contributed by atoms with E-state index < -0.39 is 5.97 Å². The van der Waals surface area contributed by atoms with Crippen molar-refractivity contribution in [2.24, 2.45) is 0 Å². The summed E-state index contributed by atoms with van der Waals surface area (Å²) in [6.07, 6.45) is 0.679. The zero-order chi connectivity index (χ0) is 18.6. The number of benzene rings is 3. The Labute approximate surface area is 158 Å². The van der Waals surface area contributed by atoms with Crippen LogP contribution in [0.15, 0.2) is 91.0 Å². The average Bonchev–Trinajstić information content (AvgIpc) is 2.71. The molecule has 0 bridgehead atoms. The van der Waals surface area contributed by atoms with Crippen molar-refractivity contribution in [3.63, 3.8) is 0 Å². The molecule has 0 aliphatic heterocycles. The van der Waals surface area contributed by atoms with Gasteiger partial charge in [-0.2, -0.15) is 4.57 Å². The summed E-state index contributed by atoms with van der Waals surface area (Å²) in [5.41, 5.74) is 4.88. The van der Waals surface area contributed by atoms with Crippen LogP contribution < -0.4 is 4.57 Å². The molecule has 0 unspecified atom stereocenters. The quantitative estimate of drug-likeness (QED) is 0.538. The van der Waals surface area contributed by atoms with Crippen molar-refractivity contribution in [3.8, 4) is 0 Å². The Bertz CT molecular complexity index is 1100. The molecule has 0 radical (unpaired) electrons. The van der Waals surface area contributed by atoms with E-state index in [1.54, 1.807) is 18.2 Å². The van der Waals surface area contributed by atoms with E-state index in [2.05, 4.69) is 59.2 Å². The summed E-state index contributed by atoms with van der Waals surface area (Å²) < 4.78 is 2.32. The molecule has 4 aromatic rings. The fourth-order valence-corrected chi connectivity index (χ4v) is 3.44. The number of nitrogens with zero attached hydrogens (tertiary/aromatic N) is 1. The van der Waals surface area contributed by atoms with Gasteiger partial charge in [-0.05, 0) is 29.8 Å². The van der Waals surface area contributed by atoms with Gasteiger partial charge in [0.1, 0.15) is 0 Å². The summed E-state index contributed by atoms with van der Waals surface area (Å²) in [6.45, 7) is 0.774. The third-order valence-electron chi connectivity index (χ3n) is 4.77. The Morgan fingerprint density at radius 2 is 1.52 bits per heavy atom. The smallest absolute Gasteiger partial charge is 0.335 e. The minimum Gasteiger partial charge on any atom is -0.478 e. The first-order valence-corrected chi connectivity index (χ1v) is 8.97. The highest BCUT2D eigenvalue weighted by atomic mass is 16.4. The maximum absolute atomic E-state index is 11.3. The largest absolute Gasteiger partial charge is 0.478 e. The van der Waals surface area contributed by atoms with Gasteiger partial charge in [0.2, 0.25) is 5.52 Å². The zero-order valence-corrected chi connectivity index (χ0v) is 14.9. The molecule has 132 valence electrons. The van der Waals surface area contributed by atoms with Gasteiger partial charge in [-0.3, -0.25) is 0 Å². The molecule has 1 heterocycles. The number of hydrogen-bond acceptors (Lipinski definition) is 1. The molecule has 0 aliphatic rings. The maximum atomic E-state index is 11.3. The Morgan fingerprint density at radius 3 is 2.33 bits per heavy atom. The van der Waals surface area contributed by atoms with Crippen molar-refractivity contribution >= 4 is 16.9 Å². The Hall–Kier alpha value is -3.46. The van der Waals surface area contributed by atoms with E-state index in [4.69, 9.17) is 0 Å². The molecule has 0 atom stereocenters. The SMILES string of the molecule is O=C(O)c1cccc(Cc2ccc3ccccc3[n+]2Cc2ccccc2)c1. The van der Waals surface area contributed by atoms with E-state index in [0.717, 1.165) is 17.8 Å². The zero-order valence-electron chi connectivity index (χ0n) is 14.9. The number of carboxylic acids is 1. The second-order valence-corrected chi connectivity index (χ2v) is 6.64. The van der Waals surface area contributed by atoms with Crippen LogP contribution in [0.2, 0.25) is 0 Å². The van der Waals surface area contributed by atoms with Gasteiger partial charge in [-0.15, -0.1) is 0 Å².